The van der Waals surface area contributed by atoms with Crippen LogP contribution in [0.5, 0.6) is 0 Å². The van der Waals surface area contributed by atoms with Gasteiger partial charge in [0.25, 0.3) is 0 Å². The third kappa shape index (κ3) is 3.88. The van der Waals surface area contributed by atoms with Crippen molar-refractivity contribution in [2.24, 2.45) is 5.16 Å². The molecular weight excluding hydrogens is 238 g/mol. The van der Waals surface area contributed by atoms with E-state index in [0.717, 1.165) is 29.7 Å². The van der Waals surface area contributed by atoms with Crippen molar-refractivity contribution in [2.45, 2.75) is 19.8 Å². The first-order valence-corrected chi connectivity index (χ1v) is 6.44. The largest absolute Gasteiger partial charge is 0.395 e. The first-order chi connectivity index (χ1) is 9.42. The standard InChI is InChI=1S/C15H17N3O/c1-2-3-11-19-18-15(13-7-5-4-6-8-13)14-9-10-16-17-12-14/h4-10,12H,2-3,11H2,1H3/b18-15-. The summed E-state index contributed by atoms with van der Waals surface area (Å²) in [6, 6.07) is 11.8. The molecule has 0 N–H and O–H groups in total. The lowest BCUT2D eigenvalue weighted by molar-refractivity contribution is 0.141. The van der Waals surface area contributed by atoms with Crippen molar-refractivity contribution < 1.29 is 4.84 Å². The van der Waals surface area contributed by atoms with E-state index in [1.165, 1.54) is 0 Å². The van der Waals surface area contributed by atoms with Gasteiger partial charge in [0.15, 0.2) is 0 Å². The van der Waals surface area contributed by atoms with Crippen LogP contribution < -0.4 is 0 Å². The number of hydrogen-bond donors (Lipinski definition) is 0. The third-order valence-electron chi connectivity index (χ3n) is 2.65. The van der Waals surface area contributed by atoms with Gasteiger partial charge in [-0.05, 0) is 12.5 Å². The van der Waals surface area contributed by atoms with Crippen molar-refractivity contribution in [2.75, 3.05) is 6.61 Å². The minimum absolute atomic E-state index is 0.630. The molecule has 1 aromatic heterocycles. The molecule has 0 fully saturated rings. The highest BCUT2D eigenvalue weighted by Crippen LogP contribution is 2.10. The summed E-state index contributed by atoms with van der Waals surface area (Å²) in [5, 5.41) is 11.9. The lowest BCUT2D eigenvalue weighted by Crippen LogP contribution is -2.05. The Balaban J connectivity index is 2.24. The molecule has 98 valence electrons. The molecule has 0 amide bonds. The van der Waals surface area contributed by atoms with E-state index in [1.54, 1.807) is 12.4 Å². The summed E-state index contributed by atoms with van der Waals surface area (Å²) in [6.07, 6.45) is 5.43. The molecule has 19 heavy (non-hydrogen) atoms. The monoisotopic (exact) mass is 255 g/mol. The van der Waals surface area contributed by atoms with E-state index < -0.39 is 0 Å². The van der Waals surface area contributed by atoms with E-state index in [4.69, 9.17) is 4.84 Å². The van der Waals surface area contributed by atoms with Crippen LogP contribution in [-0.2, 0) is 4.84 Å². The van der Waals surface area contributed by atoms with Gasteiger partial charge in [-0.1, -0.05) is 48.8 Å². The fraction of sp³-hybridized carbons (Fsp3) is 0.267. The Hall–Kier alpha value is -2.23. The second-order valence-electron chi connectivity index (χ2n) is 4.12. The highest BCUT2D eigenvalue weighted by molar-refractivity contribution is 6.12. The molecule has 0 spiro atoms. The van der Waals surface area contributed by atoms with Crippen molar-refractivity contribution in [1.82, 2.24) is 10.2 Å². The Morgan fingerprint density at radius 1 is 1.11 bits per heavy atom. The van der Waals surface area contributed by atoms with Crippen LogP contribution in [0.2, 0.25) is 0 Å². The van der Waals surface area contributed by atoms with Gasteiger partial charge in [-0.3, -0.25) is 0 Å². The van der Waals surface area contributed by atoms with E-state index >= 15 is 0 Å². The normalized spacial score (nSPS) is 11.3. The molecule has 1 aromatic carbocycles. The van der Waals surface area contributed by atoms with E-state index in [2.05, 4.69) is 22.3 Å². The number of aromatic nitrogens is 2. The fourth-order valence-electron chi connectivity index (χ4n) is 1.62. The average molecular weight is 255 g/mol. The Morgan fingerprint density at radius 3 is 2.63 bits per heavy atom. The molecule has 0 unspecified atom stereocenters. The molecule has 0 aliphatic heterocycles. The van der Waals surface area contributed by atoms with Crippen LogP contribution in [0.4, 0.5) is 0 Å². The van der Waals surface area contributed by atoms with E-state index in [-0.39, 0.29) is 0 Å². The first kappa shape index (κ1) is 13.2. The van der Waals surface area contributed by atoms with Gasteiger partial charge in [0.05, 0.1) is 12.4 Å². The average Bonchev–Trinajstić information content (AvgIpc) is 2.49. The Bertz CT molecular complexity index is 470. The predicted molar refractivity (Wildman–Crippen MR) is 75.0 cm³/mol. The van der Waals surface area contributed by atoms with Gasteiger partial charge in [-0.25, -0.2) is 0 Å². The minimum Gasteiger partial charge on any atom is -0.395 e. The lowest BCUT2D eigenvalue weighted by Gasteiger charge is -2.06. The molecule has 0 aliphatic carbocycles. The van der Waals surface area contributed by atoms with Crippen molar-refractivity contribution >= 4 is 5.71 Å². The Labute approximate surface area is 113 Å². The second kappa shape index (κ2) is 7.26. The van der Waals surface area contributed by atoms with Crippen molar-refractivity contribution in [3.05, 3.63) is 59.9 Å². The molecule has 0 aliphatic rings. The lowest BCUT2D eigenvalue weighted by atomic mass is 10.1. The van der Waals surface area contributed by atoms with E-state index in [1.807, 2.05) is 36.4 Å². The summed E-state index contributed by atoms with van der Waals surface area (Å²) >= 11 is 0. The topological polar surface area (TPSA) is 47.4 Å². The molecule has 2 aromatic rings. The van der Waals surface area contributed by atoms with Crippen LogP contribution in [-0.4, -0.2) is 22.5 Å². The maximum Gasteiger partial charge on any atom is 0.118 e. The molecule has 1 heterocycles. The predicted octanol–water partition coefficient (Wildman–Crippen LogP) is 3.05. The van der Waals surface area contributed by atoms with Crippen LogP contribution in [0.1, 0.15) is 30.9 Å². The maximum atomic E-state index is 5.38. The summed E-state index contributed by atoms with van der Waals surface area (Å²) in [6.45, 7) is 2.75. The quantitative estimate of drug-likeness (QED) is 0.453. The summed E-state index contributed by atoms with van der Waals surface area (Å²) in [4.78, 5) is 5.38. The summed E-state index contributed by atoms with van der Waals surface area (Å²) < 4.78 is 0. The number of nitrogens with zero attached hydrogens (tertiary/aromatic N) is 3. The zero-order valence-electron chi connectivity index (χ0n) is 11.0. The van der Waals surface area contributed by atoms with Crippen molar-refractivity contribution in [1.29, 1.82) is 0 Å². The molecular formula is C15H17N3O. The zero-order valence-corrected chi connectivity index (χ0v) is 11.0. The van der Waals surface area contributed by atoms with Crippen molar-refractivity contribution in [3.63, 3.8) is 0 Å². The highest BCUT2D eigenvalue weighted by atomic mass is 16.6. The molecule has 0 bridgehead atoms. The molecule has 0 saturated heterocycles. The number of hydrogen-bond acceptors (Lipinski definition) is 4. The van der Waals surface area contributed by atoms with Crippen LogP contribution in [0, 0.1) is 0 Å². The van der Waals surface area contributed by atoms with E-state index in [9.17, 15) is 0 Å². The molecule has 0 radical (unpaired) electrons. The summed E-state index contributed by atoms with van der Waals surface area (Å²) in [7, 11) is 0. The van der Waals surface area contributed by atoms with Crippen LogP contribution in [0.3, 0.4) is 0 Å². The van der Waals surface area contributed by atoms with Gasteiger partial charge >= 0.3 is 0 Å². The summed E-state index contributed by atoms with van der Waals surface area (Å²) in [5.74, 6) is 0. The van der Waals surface area contributed by atoms with Gasteiger partial charge in [0.2, 0.25) is 0 Å². The minimum atomic E-state index is 0.630. The molecule has 4 nitrogen and oxygen atoms in total. The van der Waals surface area contributed by atoms with Gasteiger partial charge in [0.1, 0.15) is 12.3 Å². The van der Waals surface area contributed by atoms with E-state index in [0.29, 0.717) is 6.61 Å². The number of benzene rings is 1. The Kier molecular flexibility index (Phi) is 5.05. The van der Waals surface area contributed by atoms with Gasteiger partial charge in [-0.2, -0.15) is 10.2 Å². The van der Waals surface area contributed by atoms with Crippen LogP contribution in [0.25, 0.3) is 0 Å². The molecule has 4 heteroatoms. The van der Waals surface area contributed by atoms with Crippen molar-refractivity contribution in [3.8, 4) is 0 Å². The first-order valence-electron chi connectivity index (χ1n) is 6.44. The molecule has 0 atom stereocenters. The molecule has 0 saturated carbocycles. The SMILES string of the molecule is CCCCO/N=C(/c1ccccc1)c1ccnnc1. The summed E-state index contributed by atoms with van der Waals surface area (Å²) in [5.41, 5.74) is 2.69. The smallest absolute Gasteiger partial charge is 0.118 e. The Morgan fingerprint density at radius 2 is 1.95 bits per heavy atom. The number of unbranched alkanes of at least 4 members (excludes halogenated alkanes) is 1. The second-order valence-corrected chi connectivity index (χ2v) is 4.12. The van der Waals surface area contributed by atoms with Crippen LogP contribution >= 0.6 is 0 Å². The van der Waals surface area contributed by atoms with Gasteiger partial charge in [0, 0.05) is 11.1 Å². The number of oxime groups is 1. The van der Waals surface area contributed by atoms with Gasteiger partial charge in [-0.15, -0.1) is 0 Å². The number of rotatable bonds is 6. The fourth-order valence-corrected chi connectivity index (χ4v) is 1.62. The van der Waals surface area contributed by atoms with Crippen LogP contribution in [0.15, 0.2) is 53.9 Å². The third-order valence-corrected chi connectivity index (χ3v) is 2.65. The zero-order chi connectivity index (χ0) is 13.3. The van der Waals surface area contributed by atoms with Gasteiger partial charge < -0.3 is 4.84 Å². The maximum absolute atomic E-state index is 5.38. The molecule has 2 rings (SSSR count). The highest BCUT2D eigenvalue weighted by Gasteiger charge is 2.07.